The number of carbonyl (C=O) groups is 1. The number of H-pyrrole nitrogens is 1. The number of amides is 1. The molecule has 7 nitrogen and oxygen atoms in total. The van der Waals surface area contributed by atoms with Crippen LogP contribution in [-0.4, -0.2) is 38.3 Å². The van der Waals surface area contributed by atoms with Crippen molar-refractivity contribution in [1.82, 2.24) is 19.5 Å². The molecule has 0 fully saturated rings. The average Bonchev–Trinajstić information content (AvgIpc) is 3.29. The van der Waals surface area contributed by atoms with Gasteiger partial charge in [0, 0.05) is 25.2 Å². The number of benzene rings is 1. The molecule has 4 rings (SSSR count). The summed E-state index contributed by atoms with van der Waals surface area (Å²) >= 11 is 0. The molecule has 0 spiro atoms. The lowest BCUT2D eigenvalue weighted by molar-refractivity contribution is 0.0589. The molecule has 0 unspecified atom stereocenters. The number of imidazole rings is 1. The number of ether oxygens (including phenoxy) is 1. The Bertz CT molecular complexity index is 1280. The number of hydrogen-bond donors (Lipinski definition) is 1. The molecule has 0 saturated carbocycles. The Hall–Kier alpha value is -3.61. The molecule has 3 aromatic heterocycles. The number of aromatic amines is 1. The zero-order valence-electron chi connectivity index (χ0n) is 17.9. The van der Waals surface area contributed by atoms with Gasteiger partial charge in [0.25, 0.3) is 0 Å². The summed E-state index contributed by atoms with van der Waals surface area (Å²) in [6, 6.07) is 10.2. The van der Waals surface area contributed by atoms with E-state index in [1.54, 1.807) is 13.4 Å². The van der Waals surface area contributed by atoms with Gasteiger partial charge >= 0.3 is 6.09 Å². The first kappa shape index (κ1) is 19.7. The summed E-state index contributed by atoms with van der Waals surface area (Å²) in [5.74, 6) is 0.445. The molecule has 1 amide bonds. The number of rotatable bonds is 3. The number of carbonyl (C=O) groups excluding carboxylic acids is 1. The highest BCUT2D eigenvalue weighted by Crippen LogP contribution is 2.33. The monoisotopic (exact) mass is 403 g/mol. The van der Waals surface area contributed by atoms with Gasteiger partial charge in [-0.25, -0.2) is 14.8 Å². The predicted molar refractivity (Wildman–Crippen MR) is 121 cm³/mol. The maximum absolute atomic E-state index is 12.7. The highest BCUT2D eigenvalue weighted by Gasteiger charge is 2.25. The van der Waals surface area contributed by atoms with Gasteiger partial charge in [-0.1, -0.05) is 30.9 Å². The first-order chi connectivity index (χ1) is 14.2. The van der Waals surface area contributed by atoms with Gasteiger partial charge in [0.2, 0.25) is 0 Å². The van der Waals surface area contributed by atoms with Crippen molar-refractivity contribution in [3.8, 4) is 11.3 Å². The summed E-state index contributed by atoms with van der Waals surface area (Å²) in [7, 11) is 3.57. The summed E-state index contributed by atoms with van der Waals surface area (Å²) in [5.41, 5.74) is 4.61. The van der Waals surface area contributed by atoms with Gasteiger partial charge in [-0.15, -0.1) is 0 Å². The van der Waals surface area contributed by atoms with Crippen molar-refractivity contribution in [3.05, 3.63) is 48.8 Å². The van der Waals surface area contributed by atoms with Crippen LogP contribution in [0.3, 0.4) is 0 Å². The Balaban J connectivity index is 1.88. The molecule has 0 radical (unpaired) electrons. The molecule has 4 aromatic rings. The van der Waals surface area contributed by atoms with Crippen LogP contribution in [-0.2, 0) is 11.8 Å². The van der Waals surface area contributed by atoms with Crippen molar-refractivity contribution in [2.45, 2.75) is 26.4 Å². The predicted octanol–water partition coefficient (Wildman–Crippen LogP) is 5.13. The number of pyridine rings is 1. The first-order valence-corrected chi connectivity index (χ1v) is 9.71. The Morgan fingerprint density at radius 2 is 2.07 bits per heavy atom. The topological polar surface area (TPSA) is 76.0 Å². The number of fused-ring (bicyclic) bond motifs is 3. The second-order valence-corrected chi connectivity index (χ2v) is 8.30. The number of anilines is 1. The molecule has 0 aliphatic heterocycles. The lowest BCUT2D eigenvalue weighted by Gasteiger charge is -2.24. The molecule has 30 heavy (non-hydrogen) atoms. The van der Waals surface area contributed by atoms with Crippen LogP contribution in [0.4, 0.5) is 10.6 Å². The van der Waals surface area contributed by atoms with Crippen molar-refractivity contribution in [2.75, 3.05) is 11.9 Å². The van der Waals surface area contributed by atoms with Crippen molar-refractivity contribution < 1.29 is 9.53 Å². The lowest BCUT2D eigenvalue weighted by Crippen LogP contribution is -2.34. The van der Waals surface area contributed by atoms with Crippen LogP contribution >= 0.6 is 0 Å². The molecule has 1 aromatic carbocycles. The van der Waals surface area contributed by atoms with Crippen LogP contribution < -0.4 is 4.90 Å². The Labute approximate surface area is 175 Å². The third kappa shape index (κ3) is 3.43. The summed E-state index contributed by atoms with van der Waals surface area (Å²) in [4.78, 5) is 26.7. The van der Waals surface area contributed by atoms with E-state index < -0.39 is 11.7 Å². The smallest absolute Gasteiger partial charge is 0.415 e. The van der Waals surface area contributed by atoms with Crippen LogP contribution in [0.15, 0.2) is 43.2 Å². The van der Waals surface area contributed by atoms with Crippen molar-refractivity contribution >= 4 is 40.1 Å². The van der Waals surface area contributed by atoms with Crippen molar-refractivity contribution in [3.63, 3.8) is 0 Å². The van der Waals surface area contributed by atoms with Gasteiger partial charge < -0.3 is 14.3 Å². The third-order valence-electron chi connectivity index (χ3n) is 4.84. The molecule has 7 heteroatoms. The summed E-state index contributed by atoms with van der Waals surface area (Å²) < 4.78 is 7.45. The summed E-state index contributed by atoms with van der Waals surface area (Å²) in [6.07, 6.45) is 3.06. The first-order valence-electron chi connectivity index (χ1n) is 9.71. The Morgan fingerprint density at radius 1 is 1.30 bits per heavy atom. The average molecular weight is 403 g/mol. The quantitative estimate of drug-likeness (QED) is 0.514. The minimum absolute atomic E-state index is 0.445. The number of aromatic nitrogens is 4. The van der Waals surface area contributed by atoms with Gasteiger partial charge in [0.05, 0.1) is 11.8 Å². The molecule has 0 aliphatic carbocycles. The molecule has 154 valence electrons. The van der Waals surface area contributed by atoms with Gasteiger partial charge in [-0.3, -0.25) is 4.90 Å². The zero-order valence-corrected chi connectivity index (χ0v) is 17.9. The SMILES string of the molecule is C=Cc1cccc(-c2cc3c(nc(N(C)C(=O)OC(C)(C)C)c4ncn(C)c43)[nH]2)c1. The van der Waals surface area contributed by atoms with E-state index in [1.165, 1.54) is 4.90 Å². The molecule has 1 N–H and O–H groups in total. The second-order valence-electron chi connectivity index (χ2n) is 8.30. The molecule has 3 heterocycles. The fraction of sp³-hybridized carbons (Fsp3) is 0.261. The van der Waals surface area contributed by atoms with E-state index in [0.717, 1.165) is 27.7 Å². The minimum atomic E-state index is -0.603. The van der Waals surface area contributed by atoms with E-state index in [2.05, 4.69) is 28.7 Å². The van der Waals surface area contributed by atoms with Gasteiger partial charge in [-0.2, -0.15) is 0 Å². The van der Waals surface area contributed by atoms with Crippen LogP contribution in [0.1, 0.15) is 26.3 Å². The highest BCUT2D eigenvalue weighted by molar-refractivity contribution is 6.09. The van der Waals surface area contributed by atoms with Gasteiger partial charge in [0.15, 0.2) is 5.82 Å². The minimum Gasteiger partial charge on any atom is -0.443 e. The van der Waals surface area contributed by atoms with Crippen LogP contribution in [0.2, 0.25) is 0 Å². The van der Waals surface area contributed by atoms with E-state index in [0.29, 0.717) is 17.0 Å². The highest BCUT2D eigenvalue weighted by atomic mass is 16.6. The van der Waals surface area contributed by atoms with E-state index in [9.17, 15) is 4.79 Å². The zero-order chi connectivity index (χ0) is 21.6. The molecule has 0 aliphatic rings. The van der Waals surface area contributed by atoms with Gasteiger partial charge in [-0.05, 0) is 44.0 Å². The fourth-order valence-electron chi connectivity index (χ4n) is 3.42. The van der Waals surface area contributed by atoms with Crippen molar-refractivity contribution in [1.29, 1.82) is 0 Å². The van der Waals surface area contributed by atoms with E-state index in [1.807, 2.05) is 56.7 Å². The molecular weight excluding hydrogens is 378 g/mol. The standard InChI is InChI=1S/C23H25N5O2/c1-7-14-9-8-10-15(11-14)17-12-16-19-18(24-13-27(19)5)21(26-20(16)25-17)28(6)22(29)30-23(2,3)4/h7-13H,1H2,2-6H3,(H,25,26). The second kappa shape index (κ2) is 7.02. The van der Waals surface area contributed by atoms with E-state index in [-0.39, 0.29) is 0 Å². The third-order valence-corrected chi connectivity index (χ3v) is 4.84. The number of hydrogen-bond acceptors (Lipinski definition) is 4. The number of aryl methyl sites for hydroxylation is 1. The van der Waals surface area contributed by atoms with E-state index in [4.69, 9.17) is 9.72 Å². The molecule has 0 bridgehead atoms. The van der Waals surface area contributed by atoms with E-state index >= 15 is 0 Å². The maximum atomic E-state index is 12.7. The normalized spacial score (nSPS) is 11.8. The van der Waals surface area contributed by atoms with Crippen LogP contribution in [0.25, 0.3) is 39.4 Å². The summed E-state index contributed by atoms with van der Waals surface area (Å²) in [5, 5.41) is 0.936. The fourth-order valence-corrected chi connectivity index (χ4v) is 3.42. The molecular formula is C23H25N5O2. The number of nitrogens with zero attached hydrogens (tertiary/aromatic N) is 4. The molecule has 0 saturated heterocycles. The largest absolute Gasteiger partial charge is 0.443 e. The molecule has 0 atom stereocenters. The van der Waals surface area contributed by atoms with Gasteiger partial charge in [0.1, 0.15) is 16.8 Å². The van der Waals surface area contributed by atoms with Crippen molar-refractivity contribution in [2.24, 2.45) is 7.05 Å². The van der Waals surface area contributed by atoms with Crippen LogP contribution in [0.5, 0.6) is 0 Å². The summed E-state index contributed by atoms with van der Waals surface area (Å²) in [6.45, 7) is 9.34. The lowest BCUT2D eigenvalue weighted by atomic mass is 10.1. The Kier molecular flexibility index (Phi) is 4.61. The number of nitrogens with one attached hydrogen (secondary N) is 1. The maximum Gasteiger partial charge on any atom is 0.415 e. The van der Waals surface area contributed by atoms with Crippen LogP contribution in [0, 0.1) is 0 Å². The Morgan fingerprint density at radius 3 is 2.77 bits per heavy atom.